The van der Waals surface area contributed by atoms with Crippen molar-refractivity contribution in [1.82, 2.24) is 0 Å². The summed E-state index contributed by atoms with van der Waals surface area (Å²) in [6.45, 7) is 4.74. The van der Waals surface area contributed by atoms with Crippen LogP contribution in [0.3, 0.4) is 0 Å². The van der Waals surface area contributed by atoms with Crippen LogP contribution in [-0.4, -0.2) is 4.21 Å². The van der Waals surface area contributed by atoms with Gasteiger partial charge in [-0.3, -0.25) is 0 Å². The molecular weight excluding hydrogens is 703 g/mol. The normalized spacial score (nSPS) is 18.5. The van der Waals surface area contributed by atoms with E-state index in [1.165, 1.54) is 101 Å². The van der Waals surface area contributed by atoms with Crippen molar-refractivity contribution in [1.29, 1.82) is 0 Å². The second-order valence-corrected chi connectivity index (χ2v) is 13.0. The number of hydrogen-bond donors (Lipinski definition) is 0. The van der Waals surface area contributed by atoms with Gasteiger partial charge in [0.2, 0.25) is 0 Å². The summed E-state index contributed by atoms with van der Waals surface area (Å²) in [7, 11) is 0. The van der Waals surface area contributed by atoms with E-state index in [1.807, 2.05) is 0 Å². The van der Waals surface area contributed by atoms with Gasteiger partial charge in [0.05, 0.1) is 0 Å². The molecule has 2 aliphatic rings. The van der Waals surface area contributed by atoms with Gasteiger partial charge in [-0.25, -0.2) is 0 Å². The Morgan fingerprint density at radius 1 is 0.438 bits per heavy atom. The van der Waals surface area contributed by atoms with Gasteiger partial charge in [-0.05, 0) is 67.5 Å². The van der Waals surface area contributed by atoms with E-state index in [0.717, 1.165) is 0 Å². The molecule has 0 aromatic heterocycles. The third-order valence-electron chi connectivity index (χ3n) is 10.6. The first kappa shape index (κ1) is 34.3. The Labute approximate surface area is 310 Å². The van der Waals surface area contributed by atoms with Crippen molar-refractivity contribution in [2.45, 2.75) is 37.5 Å². The van der Waals surface area contributed by atoms with E-state index in [4.69, 9.17) is 0 Å². The van der Waals surface area contributed by atoms with Crippen LogP contribution in [0.25, 0.3) is 43.1 Å². The molecule has 0 fully saturated rings. The monoisotopic (exact) mass is 736 g/mol. The first-order valence-electron chi connectivity index (χ1n) is 16.3. The van der Waals surface area contributed by atoms with E-state index in [1.54, 1.807) is 0 Å². The van der Waals surface area contributed by atoms with Crippen molar-refractivity contribution >= 4 is 47.3 Å². The van der Waals surface area contributed by atoms with Crippen LogP contribution in [0.15, 0.2) is 146 Å². The van der Waals surface area contributed by atoms with Crippen molar-refractivity contribution in [2.75, 3.05) is 0 Å². The van der Waals surface area contributed by atoms with Crippen molar-refractivity contribution in [3.8, 4) is 0 Å². The molecule has 0 bridgehead atoms. The standard InChI is InChI=1S/2C22H17.CH2.2ClH.Zr/c2*1-14-19-10-4-8-15-9-5-11-20(22(15)19)21(14)18-12-16-6-2-3-7-17(16)13-18;;;;/h2*2-14,21H,1H3;1H2;2*1H;/q2*-1;;;;+2/p-2. The van der Waals surface area contributed by atoms with Gasteiger partial charge in [-0.1, -0.05) is 98.8 Å². The molecule has 10 rings (SSSR count). The Hall–Kier alpha value is -3.61. The van der Waals surface area contributed by atoms with Gasteiger partial charge in [0.25, 0.3) is 0 Å². The number of halogens is 2. The molecule has 0 saturated carbocycles. The van der Waals surface area contributed by atoms with E-state index in [-0.39, 0.29) is 24.8 Å². The molecule has 2 aliphatic carbocycles. The predicted octanol–water partition coefficient (Wildman–Crippen LogP) is 5.90. The molecule has 0 aliphatic heterocycles. The smallest absolute Gasteiger partial charge is 1.00 e. The van der Waals surface area contributed by atoms with Gasteiger partial charge in [-0.2, -0.15) is 12.1 Å². The zero-order valence-electron chi connectivity index (χ0n) is 27.1. The Balaban J connectivity index is 0.000000153. The fourth-order valence-electron chi connectivity index (χ4n) is 8.62. The first-order valence-corrected chi connectivity index (χ1v) is 18.1. The third kappa shape index (κ3) is 5.55. The molecule has 0 N–H and O–H groups in total. The summed E-state index contributed by atoms with van der Waals surface area (Å²) in [6, 6.07) is 53.8. The molecule has 48 heavy (non-hydrogen) atoms. The minimum Gasteiger partial charge on any atom is -1.00 e. The maximum Gasteiger partial charge on any atom is -1.00 e. The van der Waals surface area contributed by atoms with Crippen LogP contribution in [0.2, 0.25) is 0 Å². The SMILES string of the molecule is CC1c2cccc3cccc(c23)C1c1cc2ccccc2[cH-]1.CC1c2cccc3cccc(c23)C1c1cc2ccccc2[cH-]1.[CH2]=[Zr+2].[Cl-].[Cl-]. The van der Waals surface area contributed by atoms with E-state index in [2.05, 4.69) is 164 Å². The number of rotatable bonds is 2. The molecule has 0 amide bonds. The van der Waals surface area contributed by atoms with Gasteiger partial charge < -0.3 is 24.8 Å². The van der Waals surface area contributed by atoms with Gasteiger partial charge in [0.1, 0.15) is 0 Å². The van der Waals surface area contributed by atoms with E-state index in [9.17, 15) is 0 Å². The molecule has 4 atom stereocenters. The fourth-order valence-corrected chi connectivity index (χ4v) is 8.62. The molecule has 0 spiro atoms. The van der Waals surface area contributed by atoms with Gasteiger partial charge in [-0.15, -0.1) is 81.2 Å². The Kier molecular flexibility index (Phi) is 10.1. The minimum atomic E-state index is 0. The third-order valence-corrected chi connectivity index (χ3v) is 10.6. The molecule has 0 nitrogen and oxygen atoms in total. The van der Waals surface area contributed by atoms with Crippen molar-refractivity contribution in [2.24, 2.45) is 0 Å². The zero-order valence-corrected chi connectivity index (χ0v) is 31.1. The first-order chi connectivity index (χ1) is 22.7. The molecule has 3 heteroatoms. The van der Waals surface area contributed by atoms with Crippen molar-refractivity contribution in [3.63, 3.8) is 0 Å². The summed E-state index contributed by atoms with van der Waals surface area (Å²) in [4.78, 5) is 0. The molecule has 0 radical (unpaired) electrons. The summed E-state index contributed by atoms with van der Waals surface area (Å²) >= 11 is 1.30. The van der Waals surface area contributed by atoms with Crippen LogP contribution in [0.5, 0.6) is 0 Å². The Bertz CT molecular complexity index is 2130. The molecule has 0 heterocycles. The average Bonchev–Trinajstić information content (AvgIpc) is 3.86. The molecular formula is C45H36Cl2Zr-2. The molecule has 8 aromatic rings. The second kappa shape index (κ2) is 14.1. The number of hydrogen-bond acceptors (Lipinski definition) is 0. The minimum absolute atomic E-state index is 0. The fraction of sp³-hybridized carbons (Fsp3) is 0.133. The van der Waals surface area contributed by atoms with Crippen LogP contribution in [0, 0.1) is 0 Å². The van der Waals surface area contributed by atoms with Gasteiger partial charge in [0.15, 0.2) is 0 Å². The zero-order chi connectivity index (χ0) is 31.4. The average molecular weight is 739 g/mol. The van der Waals surface area contributed by atoms with Crippen LogP contribution < -0.4 is 24.8 Å². The summed E-state index contributed by atoms with van der Waals surface area (Å²) in [5, 5.41) is 11.1. The van der Waals surface area contributed by atoms with E-state index >= 15 is 0 Å². The maximum absolute atomic E-state index is 3.34. The summed E-state index contributed by atoms with van der Waals surface area (Å²) in [6.07, 6.45) is 0. The summed E-state index contributed by atoms with van der Waals surface area (Å²) in [5.74, 6) is 2.04. The number of fused-ring (bicyclic) bond motifs is 2. The molecule has 0 saturated heterocycles. The van der Waals surface area contributed by atoms with E-state index in [0.29, 0.717) is 23.7 Å². The Morgan fingerprint density at radius 3 is 1.15 bits per heavy atom. The van der Waals surface area contributed by atoms with Crippen LogP contribution in [0.1, 0.15) is 70.9 Å². The van der Waals surface area contributed by atoms with Crippen molar-refractivity contribution < 1.29 is 49.0 Å². The quantitative estimate of drug-likeness (QED) is 0.194. The Morgan fingerprint density at radius 2 is 0.771 bits per heavy atom. The van der Waals surface area contributed by atoms with Crippen LogP contribution in [0.4, 0.5) is 0 Å². The molecule has 8 aromatic carbocycles. The van der Waals surface area contributed by atoms with E-state index < -0.39 is 0 Å². The number of benzene rings is 6. The topological polar surface area (TPSA) is 0 Å². The predicted molar refractivity (Wildman–Crippen MR) is 195 cm³/mol. The van der Waals surface area contributed by atoms with Crippen LogP contribution in [-0.2, 0) is 24.2 Å². The second-order valence-electron chi connectivity index (χ2n) is 13.0. The maximum atomic E-state index is 3.34. The largest absolute Gasteiger partial charge is 1.00 e. The summed E-state index contributed by atoms with van der Waals surface area (Å²) < 4.78 is 3.34. The van der Waals surface area contributed by atoms with Gasteiger partial charge in [0, 0.05) is 0 Å². The molecule has 4 unspecified atom stereocenters. The van der Waals surface area contributed by atoms with Gasteiger partial charge >= 0.3 is 28.4 Å². The summed E-state index contributed by atoms with van der Waals surface area (Å²) in [5.41, 5.74) is 8.91. The molecule has 236 valence electrons. The van der Waals surface area contributed by atoms with Crippen LogP contribution >= 0.6 is 0 Å². The van der Waals surface area contributed by atoms with Crippen molar-refractivity contribution in [3.05, 3.63) is 179 Å².